The second kappa shape index (κ2) is 10.2. The molecule has 0 saturated carbocycles. The van der Waals surface area contributed by atoms with Crippen LogP contribution in [0.4, 0.5) is 0 Å². The van der Waals surface area contributed by atoms with E-state index in [9.17, 15) is 4.79 Å². The van der Waals surface area contributed by atoms with Crippen molar-refractivity contribution in [2.24, 2.45) is 0 Å². The average molecular weight is 168 g/mol. The summed E-state index contributed by atoms with van der Waals surface area (Å²) >= 11 is 0. The fourth-order valence-corrected chi connectivity index (χ4v) is 0.667. The molecule has 12 heavy (non-hydrogen) atoms. The van der Waals surface area contributed by atoms with Gasteiger partial charge in [-0.2, -0.15) is 0 Å². The topological polar surface area (TPSA) is 17.1 Å². The van der Waals surface area contributed by atoms with Gasteiger partial charge in [-0.25, -0.2) is 0 Å². The minimum absolute atomic E-state index is 0.190. The number of carbonyl (C=O) groups is 1. The van der Waals surface area contributed by atoms with E-state index < -0.39 is 0 Å². The van der Waals surface area contributed by atoms with Crippen molar-refractivity contribution in [3.05, 3.63) is 23.8 Å². The smallest absolute Gasteiger partial charge is 0.155 e. The number of rotatable bonds is 3. The predicted octanol–water partition coefficient (Wildman–Crippen LogP) is 3.51. The van der Waals surface area contributed by atoms with Crippen molar-refractivity contribution in [2.45, 2.75) is 41.0 Å². The van der Waals surface area contributed by atoms with Crippen LogP contribution < -0.4 is 0 Å². The minimum atomic E-state index is 0.190. The zero-order valence-electron chi connectivity index (χ0n) is 8.85. The molecule has 1 heteroatoms. The Morgan fingerprint density at radius 3 is 2.17 bits per heavy atom. The summed E-state index contributed by atoms with van der Waals surface area (Å²) in [5, 5.41) is 0. The third-order valence-corrected chi connectivity index (χ3v) is 1.17. The molecule has 0 bridgehead atoms. The molecule has 0 unspecified atom stereocenters. The molecular formula is C11H20O. The first kappa shape index (κ1) is 13.7. The molecule has 0 aliphatic rings. The van der Waals surface area contributed by atoms with Gasteiger partial charge in [-0.05, 0) is 25.5 Å². The fourth-order valence-electron chi connectivity index (χ4n) is 0.667. The molecule has 0 aromatic heterocycles. The van der Waals surface area contributed by atoms with E-state index in [0.29, 0.717) is 6.42 Å². The highest BCUT2D eigenvalue weighted by atomic mass is 16.1. The summed E-state index contributed by atoms with van der Waals surface area (Å²) in [7, 11) is 0. The van der Waals surface area contributed by atoms with Crippen LogP contribution in [-0.4, -0.2) is 5.78 Å². The molecule has 0 saturated heterocycles. The first-order valence-corrected chi connectivity index (χ1v) is 4.54. The molecule has 0 aliphatic carbocycles. The lowest BCUT2D eigenvalue weighted by atomic mass is 10.2. The van der Waals surface area contributed by atoms with Gasteiger partial charge in [0.25, 0.3) is 0 Å². The molecule has 0 aliphatic heterocycles. The minimum Gasteiger partial charge on any atom is -0.295 e. The molecule has 0 rings (SSSR count). The molecule has 0 radical (unpaired) electrons. The average Bonchev–Trinajstić information content (AvgIpc) is 2.08. The maximum Gasteiger partial charge on any atom is 0.155 e. The van der Waals surface area contributed by atoms with Gasteiger partial charge in [0.05, 0.1) is 0 Å². The lowest BCUT2D eigenvalue weighted by Crippen LogP contribution is -1.88. The van der Waals surface area contributed by atoms with Gasteiger partial charge in [0.15, 0.2) is 5.78 Å². The van der Waals surface area contributed by atoms with E-state index in [4.69, 9.17) is 0 Å². The highest BCUT2D eigenvalue weighted by Gasteiger charge is 1.90. The van der Waals surface area contributed by atoms with E-state index >= 15 is 0 Å². The second-order valence-electron chi connectivity index (χ2n) is 2.21. The third kappa shape index (κ3) is 9.15. The Bertz CT molecular complexity index is 164. The van der Waals surface area contributed by atoms with E-state index in [2.05, 4.69) is 0 Å². The van der Waals surface area contributed by atoms with Gasteiger partial charge in [0, 0.05) is 6.42 Å². The zero-order chi connectivity index (χ0) is 9.98. The highest BCUT2D eigenvalue weighted by molar-refractivity contribution is 5.90. The molecule has 0 N–H and O–H groups in total. The molecule has 0 aromatic rings. The molecule has 0 spiro atoms. The van der Waals surface area contributed by atoms with Crippen LogP contribution in [0.25, 0.3) is 0 Å². The molecule has 0 amide bonds. The number of carbonyl (C=O) groups excluding carboxylic acids is 1. The molecule has 0 heterocycles. The van der Waals surface area contributed by atoms with Crippen LogP contribution in [0.3, 0.4) is 0 Å². The summed E-state index contributed by atoms with van der Waals surface area (Å²) in [5.74, 6) is 0.190. The molecule has 0 aromatic carbocycles. The second-order valence-corrected chi connectivity index (χ2v) is 2.21. The lowest BCUT2D eigenvalue weighted by Gasteiger charge is -1.88. The van der Waals surface area contributed by atoms with Crippen LogP contribution in [-0.2, 0) is 4.79 Å². The third-order valence-electron chi connectivity index (χ3n) is 1.17. The van der Waals surface area contributed by atoms with E-state index in [-0.39, 0.29) is 5.78 Å². The fraction of sp³-hybridized carbons (Fsp3) is 0.545. The van der Waals surface area contributed by atoms with Gasteiger partial charge in [-0.3, -0.25) is 4.79 Å². The van der Waals surface area contributed by atoms with Gasteiger partial charge in [-0.15, -0.1) is 0 Å². The molecule has 1 nitrogen and oxygen atoms in total. The first-order chi connectivity index (χ1) is 5.70. The summed E-state index contributed by atoms with van der Waals surface area (Å²) in [6, 6.07) is 0. The van der Waals surface area contributed by atoms with Crippen LogP contribution in [0.1, 0.15) is 41.0 Å². The van der Waals surface area contributed by atoms with E-state index in [1.807, 2.05) is 46.8 Å². The Kier molecular flexibility index (Phi) is 11.6. The lowest BCUT2D eigenvalue weighted by molar-refractivity contribution is -0.114. The number of hydrogen-bond acceptors (Lipinski definition) is 1. The van der Waals surface area contributed by atoms with E-state index in [1.165, 1.54) is 0 Å². The first-order valence-electron chi connectivity index (χ1n) is 4.54. The Balaban J connectivity index is 0. The van der Waals surface area contributed by atoms with Crippen LogP contribution in [0, 0.1) is 0 Å². The highest BCUT2D eigenvalue weighted by Crippen LogP contribution is 1.96. The maximum absolute atomic E-state index is 10.8. The standard InChI is InChI=1S/C9H14O.C2H6/c1-4-6-8(3)7-9(10)5-2;1-2/h4,6-7H,5H2,1-3H3;1-2H3/b6-4-,8-7-;. The molecule has 70 valence electrons. The summed E-state index contributed by atoms with van der Waals surface area (Å²) < 4.78 is 0. The van der Waals surface area contributed by atoms with Crippen molar-refractivity contribution in [3.63, 3.8) is 0 Å². The number of hydrogen-bond donors (Lipinski definition) is 0. The number of allylic oxidation sites excluding steroid dienone is 4. The van der Waals surface area contributed by atoms with Crippen molar-refractivity contribution in [3.8, 4) is 0 Å². The normalized spacial score (nSPS) is 10.9. The summed E-state index contributed by atoms with van der Waals surface area (Å²) in [4.78, 5) is 10.8. The largest absolute Gasteiger partial charge is 0.295 e. The Labute approximate surface area is 76.2 Å². The van der Waals surface area contributed by atoms with Crippen molar-refractivity contribution in [1.82, 2.24) is 0 Å². The Morgan fingerprint density at radius 1 is 1.33 bits per heavy atom. The van der Waals surface area contributed by atoms with E-state index in [1.54, 1.807) is 6.08 Å². The summed E-state index contributed by atoms with van der Waals surface area (Å²) in [6.07, 6.45) is 6.11. The van der Waals surface area contributed by atoms with Crippen LogP contribution in [0.15, 0.2) is 23.8 Å². The monoisotopic (exact) mass is 168 g/mol. The quantitative estimate of drug-likeness (QED) is 0.465. The Hall–Kier alpha value is -0.850. The number of ketones is 1. The van der Waals surface area contributed by atoms with E-state index in [0.717, 1.165) is 5.57 Å². The van der Waals surface area contributed by atoms with Crippen molar-refractivity contribution in [1.29, 1.82) is 0 Å². The van der Waals surface area contributed by atoms with Crippen molar-refractivity contribution in [2.75, 3.05) is 0 Å². The van der Waals surface area contributed by atoms with Gasteiger partial charge in [-0.1, -0.05) is 32.9 Å². The summed E-state index contributed by atoms with van der Waals surface area (Å²) in [6.45, 7) is 9.73. The Morgan fingerprint density at radius 2 is 1.83 bits per heavy atom. The van der Waals surface area contributed by atoms with Gasteiger partial charge in [0.2, 0.25) is 0 Å². The SMILES string of the molecule is C/C=C\C(C)=C/C(=O)CC.CC. The van der Waals surface area contributed by atoms with Gasteiger partial charge in [0.1, 0.15) is 0 Å². The summed E-state index contributed by atoms with van der Waals surface area (Å²) in [5.41, 5.74) is 1.02. The van der Waals surface area contributed by atoms with Gasteiger partial charge >= 0.3 is 0 Å². The molecular weight excluding hydrogens is 148 g/mol. The van der Waals surface area contributed by atoms with Crippen LogP contribution in [0.5, 0.6) is 0 Å². The predicted molar refractivity (Wildman–Crippen MR) is 55.2 cm³/mol. The van der Waals surface area contributed by atoms with Crippen molar-refractivity contribution >= 4 is 5.78 Å². The van der Waals surface area contributed by atoms with Crippen LogP contribution >= 0.6 is 0 Å². The van der Waals surface area contributed by atoms with Crippen LogP contribution in [0.2, 0.25) is 0 Å². The van der Waals surface area contributed by atoms with Gasteiger partial charge < -0.3 is 0 Å². The molecule has 0 atom stereocenters. The molecule has 0 fully saturated rings. The van der Waals surface area contributed by atoms with Crippen molar-refractivity contribution < 1.29 is 4.79 Å². The zero-order valence-corrected chi connectivity index (χ0v) is 8.85. The maximum atomic E-state index is 10.8.